The Morgan fingerprint density at radius 3 is 2.43 bits per heavy atom. The summed E-state index contributed by atoms with van der Waals surface area (Å²) < 4.78 is 37.7. The molecule has 12 heteroatoms. The molecule has 3 atom stereocenters. The number of amides is 3. The first-order valence-corrected chi connectivity index (χ1v) is 14.1. The van der Waals surface area contributed by atoms with Crippen LogP contribution in [0.1, 0.15) is 49.4 Å². The molecule has 10 nitrogen and oxygen atoms in total. The number of ether oxygens (including phenoxy) is 1. The van der Waals surface area contributed by atoms with Crippen LogP contribution < -0.4 is 10.6 Å². The predicted molar refractivity (Wildman–Crippen MR) is 142 cm³/mol. The van der Waals surface area contributed by atoms with Crippen molar-refractivity contribution in [3.63, 3.8) is 0 Å². The second-order valence-electron chi connectivity index (χ2n) is 9.54. The van der Waals surface area contributed by atoms with Crippen molar-refractivity contribution < 1.29 is 32.1 Å². The van der Waals surface area contributed by atoms with Gasteiger partial charge >= 0.3 is 12.0 Å². The number of hydrogen-bond acceptors (Lipinski definition) is 7. The van der Waals surface area contributed by atoms with Crippen LogP contribution in [0.5, 0.6) is 0 Å². The number of esters is 1. The van der Waals surface area contributed by atoms with E-state index in [1.54, 1.807) is 26.8 Å². The Hall–Kier alpha value is -3.09. The summed E-state index contributed by atoms with van der Waals surface area (Å²) in [4.78, 5) is 40.1. The lowest BCUT2D eigenvalue weighted by molar-refractivity contribution is -0.163. The first-order chi connectivity index (χ1) is 17.3. The fourth-order valence-electron chi connectivity index (χ4n) is 3.70. The van der Waals surface area contributed by atoms with Gasteiger partial charge in [-0.15, -0.1) is 11.8 Å². The van der Waals surface area contributed by atoms with Crippen LogP contribution in [0.15, 0.2) is 54.6 Å². The molecule has 0 saturated carbocycles. The number of carbonyl (C=O) groups excluding carboxylic acids is 3. The second-order valence-corrected chi connectivity index (χ2v) is 12.4. The highest BCUT2D eigenvalue weighted by Crippen LogP contribution is 2.42. The predicted octanol–water partition coefficient (Wildman–Crippen LogP) is 3.74. The molecule has 0 aliphatic carbocycles. The van der Waals surface area contributed by atoms with Crippen LogP contribution in [0.2, 0.25) is 0 Å². The molecule has 3 N–H and O–H groups in total. The maximum atomic E-state index is 13.3. The van der Waals surface area contributed by atoms with Crippen molar-refractivity contribution in [2.24, 2.45) is 0 Å². The maximum Gasteiger partial charge on any atom is 0.330 e. The summed E-state index contributed by atoms with van der Waals surface area (Å²) in [6.45, 7) is 6.21. The molecule has 0 spiro atoms. The fraction of sp³-hybridized carbons (Fsp3) is 0.400. The lowest BCUT2D eigenvalue weighted by atomic mass is 10.1. The van der Waals surface area contributed by atoms with Gasteiger partial charge in [-0.05, 0) is 51.0 Å². The minimum absolute atomic E-state index is 0.281. The SMILES string of the molecule is C[C@@H](c1cccc(NC(=O)NCC(=O)N2[C@@H](c3ccccc3)SC[C@H]2C(=O)OC(C)(C)C)c1)S(=O)(=O)O. The lowest BCUT2D eigenvalue weighted by Gasteiger charge is -2.30. The number of nitrogens with zero attached hydrogens (tertiary/aromatic N) is 1. The summed E-state index contributed by atoms with van der Waals surface area (Å²) in [5.74, 6) is -0.620. The number of carbonyl (C=O) groups is 3. The second kappa shape index (κ2) is 11.5. The average molecular weight is 550 g/mol. The van der Waals surface area contributed by atoms with Crippen molar-refractivity contribution in [3.8, 4) is 0 Å². The molecule has 0 aromatic heterocycles. The summed E-state index contributed by atoms with van der Waals surface area (Å²) >= 11 is 1.44. The third kappa shape index (κ3) is 7.70. The van der Waals surface area contributed by atoms with E-state index >= 15 is 0 Å². The Labute approximate surface area is 220 Å². The molecule has 1 fully saturated rings. The highest BCUT2D eigenvalue weighted by molar-refractivity contribution is 7.99. The van der Waals surface area contributed by atoms with E-state index in [0.29, 0.717) is 5.75 Å². The minimum Gasteiger partial charge on any atom is -0.458 e. The van der Waals surface area contributed by atoms with Gasteiger partial charge < -0.3 is 20.3 Å². The number of urea groups is 1. The maximum absolute atomic E-state index is 13.3. The third-order valence-corrected chi connectivity index (χ3v) is 8.00. The average Bonchev–Trinajstić information content (AvgIpc) is 3.27. The zero-order valence-electron chi connectivity index (χ0n) is 21.0. The fourth-order valence-corrected chi connectivity index (χ4v) is 5.63. The van der Waals surface area contributed by atoms with Crippen LogP contribution in [-0.4, -0.2) is 59.7 Å². The number of thioether (sulfide) groups is 1. The summed E-state index contributed by atoms with van der Waals surface area (Å²) in [6, 6.07) is 13.8. The highest BCUT2D eigenvalue weighted by Gasteiger charge is 2.44. The normalized spacial score (nSPS) is 18.7. The smallest absolute Gasteiger partial charge is 0.330 e. The van der Waals surface area contributed by atoms with Crippen LogP contribution >= 0.6 is 11.8 Å². The Bertz CT molecular complexity index is 1250. The molecule has 3 amide bonds. The summed E-state index contributed by atoms with van der Waals surface area (Å²) in [7, 11) is -4.30. The number of hydrogen-bond donors (Lipinski definition) is 3. The topological polar surface area (TPSA) is 142 Å². The third-order valence-electron chi connectivity index (χ3n) is 5.51. The van der Waals surface area contributed by atoms with Crippen LogP contribution in [0.4, 0.5) is 10.5 Å². The molecule has 1 aliphatic rings. The van der Waals surface area contributed by atoms with Gasteiger partial charge in [0.25, 0.3) is 10.1 Å². The molecule has 0 unspecified atom stereocenters. The van der Waals surface area contributed by atoms with Gasteiger partial charge in [0, 0.05) is 11.4 Å². The molecule has 2 aromatic rings. The van der Waals surface area contributed by atoms with E-state index in [1.807, 2.05) is 30.3 Å². The van der Waals surface area contributed by atoms with E-state index in [9.17, 15) is 27.4 Å². The molecule has 0 radical (unpaired) electrons. The van der Waals surface area contributed by atoms with Crippen molar-refractivity contribution >= 4 is 45.5 Å². The van der Waals surface area contributed by atoms with Gasteiger partial charge in [-0.25, -0.2) is 9.59 Å². The lowest BCUT2D eigenvalue weighted by Crippen LogP contribution is -2.49. The zero-order valence-corrected chi connectivity index (χ0v) is 22.6. The monoisotopic (exact) mass is 549 g/mol. The van der Waals surface area contributed by atoms with E-state index in [1.165, 1.54) is 41.8 Å². The number of rotatable bonds is 7. The molecule has 1 heterocycles. The van der Waals surface area contributed by atoms with E-state index in [0.717, 1.165) is 5.56 Å². The first kappa shape index (κ1) is 28.5. The molecular formula is C25H31N3O7S2. The van der Waals surface area contributed by atoms with Crippen LogP contribution in [-0.2, 0) is 24.4 Å². The van der Waals surface area contributed by atoms with Crippen molar-refractivity contribution in [3.05, 3.63) is 65.7 Å². The van der Waals surface area contributed by atoms with E-state index in [-0.39, 0.29) is 17.8 Å². The van der Waals surface area contributed by atoms with Crippen molar-refractivity contribution in [2.75, 3.05) is 17.6 Å². The Morgan fingerprint density at radius 1 is 1.14 bits per heavy atom. The molecule has 0 bridgehead atoms. The quantitative estimate of drug-likeness (QED) is 0.350. The van der Waals surface area contributed by atoms with Gasteiger partial charge in [-0.2, -0.15) is 8.42 Å². The van der Waals surface area contributed by atoms with Crippen molar-refractivity contribution in [1.82, 2.24) is 10.2 Å². The molecule has 37 heavy (non-hydrogen) atoms. The first-order valence-electron chi connectivity index (χ1n) is 11.6. The van der Waals surface area contributed by atoms with Crippen LogP contribution in [0, 0.1) is 0 Å². The van der Waals surface area contributed by atoms with E-state index in [2.05, 4.69) is 10.6 Å². The van der Waals surface area contributed by atoms with Crippen LogP contribution in [0.3, 0.4) is 0 Å². The molecular weight excluding hydrogens is 518 g/mol. The van der Waals surface area contributed by atoms with E-state index < -0.39 is 50.3 Å². The molecule has 200 valence electrons. The molecule has 1 aliphatic heterocycles. The standard InChI is InChI=1S/C25H31N3O7S2/c1-16(37(32,33)34)18-11-8-12-19(13-18)27-24(31)26-14-21(29)28-20(23(30)35-25(2,3)4)15-36-22(28)17-9-6-5-7-10-17/h5-13,16,20,22H,14-15H2,1-4H3,(H2,26,27,31)(H,32,33,34)/t16-,20-,22+/m0/s1. The van der Waals surface area contributed by atoms with Gasteiger partial charge in [0.15, 0.2) is 0 Å². The van der Waals surface area contributed by atoms with Crippen molar-refractivity contribution in [1.29, 1.82) is 0 Å². The Balaban J connectivity index is 1.71. The summed E-state index contributed by atoms with van der Waals surface area (Å²) in [6.07, 6.45) is 0. The Kier molecular flexibility index (Phi) is 8.88. The number of benzene rings is 2. The largest absolute Gasteiger partial charge is 0.458 e. The zero-order chi connectivity index (χ0) is 27.4. The number of nitrogens with one attached hydrogen (secondary N) is 2. The molecule has 3 rings (SSSR count). The van der Waals surface area contributed by atoms with Crippen LogP contribution in [0.25, 0.3) is 0 Å². The Morgan fingerprint density at radius 2 is 1.81 bits per heavy atom. The summed E-state index contributed by atoms with van der Waals surface area (Å²) in [5, 5.41) is 3.45. The van der Waals surface area contributed by atoms with Gasteiger partial charge in [0.05, 0.1) is 6.54 Å². The molecule has 1 saturated heterocycles. The van der Waals surface area contributed by atoms with Gasteiger partial charge in [0.2, 0.25) is 5.91 Å². The van der Waals surface area contributed by atoms with Gasteiger partial charge in [-0.1, -0.05) is 42.5 Å². The summed E-state index contributed by atoms with van der Waals surface area (Å²) in [5.41, 5.74) is 0.696. The van der Waals surface area contributed by atoms with Crippen molar-refractivity contribution in [2.45, 2.75) is 50.0 Å². The highest BCUT2D eigenvalue weighted by atomic mass is 32.2. The van der Waals surface area contributed by atoms with Gasteiger partial charge in [0.1, 0.15) is 22.3 Å². The number of anilines is 1. The van der Waals surface area contributed by atoms with Gasteiger partial charge in [-0.3, -0.25) is 9.35 Å². The molecule has 2 aromatic carbocycles. The van der Waals surface area contributed by atoms with E-state index in [4.69, 9.17) is 4.74 Å². The minimum atomic E-state index is -4.30.